The molecule has 0 aromatic carbocycles. The third-order valence-electron chi connectivity index (χ3n) is 1.56. The second-order valence-electron chi connectivity index (χ2n) is 2.55. The number of nitrogens with two attached hydrogens (primary N) is 1. The lowest BCUT2D eigenvalue weighted by molar-refractivity contribution is -0.669. The Morgan fingerprint density at radius 1 is 1.58 bits per heavy atom. The minimum atomic E-state index is 0.611. The highest BCUT2D eigenvalue weighted by atomic mass is 14.8. The lowest BCUT2D eigenvalue weighted by atomic mass is 10.3. The molecule has 0 saturated heterocycles. The first-order chi connectivity index (χ1) is 5.93. The highest BCUT2D eigenvalue weighted by molar-refractivity contribution is 5.06. The molecule has 3 nitrogen and oxygen atoms in total. The van der Waals surface area contributed by atoms with Gasteiger partial charge in [0.15, 0.2) is 0 Å². The number of nitrogens with zero attached hydrogens (tertiary/aromatic N) is 2. The van der Waals surface area contributed by atoms with E-state index in [2.05, 4.69) is 16.4 Å². The Labute approximate surface area is 72.1 Å². The van der Waals surface area contributed by atoms with E-state index in [0.29, 0.717) is 6.42 Å². The van der Waals surface area contributed by atoms with Crippen LogP contribution in [0.1, 0.15) is 12.0 Å². The third-order valence-corrected chi connectivity index (χ3v) is 1.56. The van der Waals surface area contributed by atoms with Gasteiger partial charge in [-0.1, -0.05) is 6.07 Å². The summed E-state index contributed by atoms with van der Waals surface area (Å²) in [6, 6.07) is 6.07. The fourth-order valence-electron chi connectivity index (χ4n) is 0.954. The van der Waals surface area contributed by atoms with Gasteiger partial charge in [0.2, 0.25) is 0 Å². The van der Waals surface area contributed by atoms with Crippen molar-refractivity contribution in [3.63, 3.8) is 0 Å². The van der Waals surface area contributed by atoms with E-state index in [1.54, 1.807) is 6.20 Å². The van der Waals surface area contributed by atoms with Crippen molar-refractivity contribution in [3.8, 4) is 6.07 Å². The Morgan fingerprint density at radius 2 is 2.50 bits per heavy atom. The van der Waals surface area contributed by atoms with Crippen molar-refractivity contribution < 1.29 is 5.32 Å². The molecule has 1 rings (SSSR count). The predicted molar refractivity (Wildman–Crippen MR) is 45.0 cm³/mol. The molecule has 0 aliphatic carbocycles. The molecule has 0 saturated carbocycles. The summed E-state index contributed by atoms with van der Waals surface area (Å²) >= 11 is 0. The summed E-state index contributed by atoms with van der Waals surface area (Å²) in [4.78, 5) is 4.00. The van der Waals surface area contributed by atoms with Gasteiger partial charge in [-0.2, -0.15) is 5.26 Å². The maximum atomic E-state index is 8.28. The van der Waals surface area contributed by atoms with Crippen LogP contribution in [-0.2, 0) is 6.54 Å². The lowest BCUT2D eigenvalue weighted by Gasteiger charge is -1.97. The molecule has 1 heterocycles. The number of hydrogen-bond acceptors (Lipinski definition) is 2. The zero-order valence-electron chi connectivity index (χ0n) is 6.90. The van der Waals surface area contributed by atoms with Crippen molar-refractivity contribution in [2.24, 2.45) is 0 Å². The lowest BCUT2D eigenvalue weighted by Crippen LogP contribution is -2.82. The number of quaternary nitrogens is 1. The van der Waals surface area contributed by atoms with Crippen molar-refractivity contribution in [2.45, 2.75) is 13.0 Å². The summed E-state index contributed by atoms with van der Waals surface area (Å²) in [5.74, 6) is 0. The number of rotatable bonds is 4. The van der Waals surface area contributed by atoms with E-state index >= 15 is 0 Å². The van der Waals surface area contributed by atoms with Crippen LogP contribution in [0.3, 0.4) is 0 Å². The molecule has 0 unspecified atom stereocenters. The van der Waals surface area contributed by atoms with Crippen LogP contribution in [0.15, 0.2) is 24.5 Å². The van der Waals surface area contributed by atoms with Gasteiger partial charge in [-0.3, -0.25) is 4.98 Å². The SMILES string of the molecule is N#CCC[NH2+]Cc1cccnc1. The summed E-state index contributed by atoms with van der Waals surface area (Å²) in [5, 5.41) is 10.4. The average Bonchev–Trinajstić information content (AvgIpc) is 2.14. The highest BCUT2D eigenvalue weighted by Gasteiger charge is 1.92. The van der Waals surface area contributed by atoms with Crippen LogP contribution in [0.5, 0.6) is 0 Å². The highest BCUT2D eigenvalue weighted by Crippen LogP contribution is 1.90. The van der Waals surface area contributed by atoms with Gasteiger partial charge in [-0.05, 0) is 6.07 Å². The molecule has 0 fully saturated rings. The smallest absolute Gasteiger partial charge is 0.103 e. The molecule has 1 aromatic rings. The molecular weight excluding hydrogens is 150 g/mol. The normalized spacial score (nSPS) is 9.25. The van der Waals surface area contributed by atoms with Crippen molar-refractivity contribution in [1.82, 2.24) is 4.98 Å². The van der Waals surface area contributed by atoms with Crippen molar-refractivity contribution >= 4 is 0 Å². The monoisotopic (exact) mass is 162 g/mol. The molecule has 62 valence electrons. The van der Waals surface area contributed by atoms with E-state index in [1.807, 2.05) is 18.3 Å². The third kappa shape index (κ3) is 3.13. The Bertz CT molecular complexity index is 250. The molecular formula is C9H12N3+. The van der Waals surface area contributed by atoms with E-state index in [1.165, 1.54) is 5.56 Å². The van der Waals surface area contributed by atoms with Crippen LogP contribution >= 0.6 is 0 Å². The molecule has 1 aromatic heterocycles. The predicted octanol–water partition coefficient (Wildman–Crippen LogP) is 0.0587. The molecule has 0 bridgehead atoms. The molecule has 0 radical (unpaired) electrons. The van der Waals surface area contributed by atoms with Crippen LogP contribution in [0.4, 0.5) is 0 Å². The second-order valence-corrected chi connectivity index (χ2v) is 2.55. The van der Waals surface area contributed by atoms with E-state index in [-0.39, 0.29) is 0 Å². The number of pyridine rings is 1. The van der Waals surface area contributed by atoms with Crippen molar-refractivity contribution in [3.05, 3.63) is 30.1 Å². The Morgan fingerprint density at radius 3 is 3.17 bits per heavy atom. The molecule has 0 atom stereocenters. The van der Waals surface area contributed by atoms with Gasteiger partial charge in [-0.25, -0.2) is 0 Å². The molecule has 0 aliphatic rings. The molecule has 3 heteroatoms. The van der Waals surface area contributed by atoms with Crippen molar-refractivity contribution in [2.75, 3.05) is 6.54 Å². The quantitative estimate of drug-likeness (QED) is 0.636. The van der Waals surface area contributed by atoms with Crippen LogP contribution in [0, 0.1) is 11.3 Å². The summed E-state index contributed by atoms with van der Waals surface area (Å²) in [5.41, 5.74) is 1.20. The zero-order valence-corrected chi connectivity index (χ0v) is 6.90. The number of nitriles is 1. The molecule has 0 spiro atoms. The van der Waals surface area contributed by atoms with Crippen LogP contribution in [0.2, 0.25) is 0 Å². The number of aromatic nitrogens is 1. The zero-order chi connectivity index (χ0) is 8.65. The Kier molecular flexibility index (Phi) is 3.82. The minimum absolute atomic E-state index is 0.611. The fourth-order valence-corrected chi connectivity index (χ4v) is 0.954. The van der Waals surface area contributed by atoms with Gasteiger partial charge < -0.3 is 5.32 Å². The summed E-state index contributed by atoms with van der Waals surface area (Å²) < 4.78 is 0. The molecule has 0 amide bonds. The molecule has 12 heavy (non-hydrogen) atoms. The van der Waals surface area contributed by atoms with Crippen molar-refractivity contribution in [1.29, 1.82) is 5.26 Å². The molecule has 2 N–H and O–H groups in total. The number of hydrogen-bond donors (Lipinski definition) is 1. The van der Waals surface area contributed by atoms with E-state index < -0.39 is 0 Å². The fraction of sp³-hybridized carbons (Fsp3) is 0.333. The Balaban J connectivity index is 2.21. The van der Waals surface area contributed by atoms with Gasteiger partial charge in [-0.15, -0.1) is 0 Å². The summed E-state index contributed by atoms with van der Waals surface area (Å²) in [6.45, 7) is 1.78. The van der Waals surface area contributed by atoms with Gasteiger partial charge >= 0.3 is 0 Å². The van der Waals surface area contributed by atoms with Gasteiger partial charge in [0.05, 0.1) is 19.0 Å². The standard InChI is InChI=1S/C9H11N3/c10-4-2-6-12-8-9-3-1-5-11-7-9/h1,3,5,7,12H,2,6,8H2/p+1. The van der Waals surface area contributed by atoms with E-state index in [4.69, 9.17) is 5.26 Å². The second kappa shape index (κ2) is 5.28. The maximum Gasteiger partial charge on any atom is 0.103 e. The first-order valence-corrected chi connectivity index (χ1v) is 4.01. The van der Waals surface area contributed by atoms with E-state index in [9.17, 15) is 0 Å². The van der Waals surface area contributed by atoms with Gasteiger partial charge in [0.1, 0.15) is 6.54 Å². The first-order valence-electron chi connectivity index (χ1n) is 4.01. The van der Waals surface area contributed by atoms with Crippen LogP contribution < -0.4 is 5.32 Å². The maximum absolute atomic E-state index is 8.28. The summed E-state index contributed by atoms with van der Waals surface area (Å²) in [6.07, 6.45) is 4.22. The van der Waals surface area contributed by atoms with Gasteiger partial charge in [0, 0.05) is 18.0 Å². The van der Waals surface area contributed by atoms with Gasteiger partial charge in [0.25, 0.3) is 0 Å². The average molecular weight is 162 g/mol. The topological polar surface area (TPSA) is 53.3 Å². The molecule has 0 aliphatic heterocycles. The summed E-state index contributed by atoms with van der Waals surface area (Å²) in [7, 11) is 0. The Hall–Kier alpha value is -1.40. The van der Waals surface area contributed by atoms with Crippen LogP contribution in [0.25, 0.3) is 0 Å². The largest absolute Gasteiger partial charge is 0.342 e. The van der Waals surface area contributed by atoms with E-state index in [0.717, 1.165) is 13.1 Å². The minimum Gasteiger partial charge on any atom is -0.342 e. The van der Waals surface area contributed by atoms with Crippen LogP contribution in [-0.4, -0.2) is 11.5 Å². The first kappa shape index (κ1) is 8.69.